The number of carbonyl (C=O) groups excluding carboxylic acids is 1. The number of carbonyl (C=O) groups is 1. The van der Waals surface area contributed by atoms with Gasteiger partial charge in [-0.05, 0) is 45.6 Å². The van der Waals surface area contributed by atoms with Gasteiger partial charge in [-0.15, -0.1) is 11.3 Å². The van der Waals surface area contributed by atoms with E-state index in [1.54, 1.807) is 11.3 Å². The third-order valence-electron chi connectivity index (χ3n) is 5.24. The van der Waals surface area contributed by atoms with E-state index in [0.29, 0.717) is 10.9 Å². The van der Waals surface area contributed by atoms with Crippen molar-refractivity contribution in [2.75, 3.05) is 5.75 Å². The number of aryl methyl sites for hydroxylation is 2. The van der Waals surface area contributed by atoms with Crippen molar-refractivity contribution in [3.8, 4) is 0 Å². The van der Waals surface area contributed by atoms with Crippen LogP contribution in [-0.2, 0) is 4.79 Å². The van der Waals surface area contributed by atoms with Gasteiger partial charge in [0.05, 0.1) is 11.1 Å². The minimum atomic E-state index is -0.00444. The van der Waals surface area contributed by atoms with E-state index in [1.807, 2.05) is 32.3 Å². The molecule has 142 valence electrons. The third-order valence-corrected chi connectivity index (χ3v) is 7.30. The zero-order chi connectivity index (χ0) is 18.8. The summed E-state index contributed by atoms with van der Waals surface area (Å²) in [7, 11) is 0. The average molecular weight is 394 g/mol. The van der Waals surface area contributed by atoms with Crippen LogP contribution in [0, 0.1) is 13.8 Å². The van der Waals surface area contributed by atoms with Crippen molar-refractivity contribution in [1.82, 2.24) is 14.9 Å². The van der Waals surface area contributed by atoms with Crippen molar-refractivity contribution in [2.24, 2.45) is 0 Å². The highest BCUT2D eigenvalue weighted by molar-refractivity contribution is 7.99. The maximum atomic E-state index is 13.3. The molecule has 1 amide bonds. The summed E-state index contributed by atoms with van der Waals surface area (Å²) in [5, 5.41) is 4.43. The first-order chi connectivity index (χ1) is 12.4. The molecular formula is C19H27N3O2S2. The van der Waals surface area contributed by atoms with E-state index in [-0.39, 0.29) is 23.6 Å². The number of amides is 1. The Morgan fingerprint density at radius 2 is 2.08 bits per heavy atom. The molecule has 1 aliphatic rings. The van der Waals surface area contributed by atoms with Crippen molar-refractivity contribution in [1.29, 1.82) is 0 Å². The number of nitrogens with zero attached hydrogens (tertiary/aromatic N) is 2. The van der Waals surface area contributed by atoms with E-state index in [0.717, 1.165) is 52.8 Å². The number of thiophene rings is 1. The molecule has 3 rings (SSSR count). The van der Waals surface area contributed by atoms with Crippen molar-refractivity contribution in [3.05, 3.63) is 20.8 Å². The maximum absolute atomic E-state index is 13.3. The zero-order valence-electron chi connectivity index (χ0n) is 15.9. The van der Waals surface area contributed by atoms with Crippen molar-refractivity contribution in [2.45, 2.75) is 77.0 Å². The molecule has 1 saturated carbocycles. The summed E-state index contributed by atoms with van der Waals surface area (Å²) in [6, 6.07) is 0.372. The van der Waals surface area contributed by atoms with Crippen LogP contribution in [0.1, 0.15) is 62.4 Å². The summed E-state index contributed by atoms with van der Waals surface area (Å²) < 4.78 is 1.87. The fourth-order valence-corrected chi connectivity index (χ4v) is 5.37. The van der Waals surface area contributed by atoms with Crippen LogP contribution in [0.4, 0.5) is 0 Å². The van der Waals surface area contributed by atoms with E-state index in [9.17, 15) is 9.59 Å². The first-order valence-corrected chi connectivity index (χ1v) is 11.2. The summed E-state index contributed by atoms with van der Waals surface area (Å²) >= 11 is 2.95. The lowest BCUT2D eigenvalue weighted by atomic mass is 10.2. The smallest absolute Gasteiger partial charge is 0.263 e. The quantitative estimate of drug-likeness (QED) is 0.590. The second kappa shape index (κ2) is 8.13. The van der Waals surface area contributed by atoms with Crippen LogP contribution in [-0.4, -0.2) is 27.3 Å². The molecule has 0 radical (unpaired) electrons. The summed E-state index contributed by atoms with van der Waals surface area (Å²) in [5.41, 5.74) is 1.11. The summed E-state index contributed by atoms with van der Waals surface area (Å²) in [4.78, 5) is 32.2. The molecule has 0 saturated heterocycles. The zero-order valence-corrected chi connectivity index (χ0v) is 17.6. The Labute approximate surface area is 162 Å². The van der Waals surface area contributed by atoms with Gasteiger partial charge < -0.3 is 5.32 Å². The average Bonchev–Trinajstić information content (AvgIpc) is 3.22. The van der Waals surface area contributed by atoms with Gasteiger partial charge in [0, 0.05) is 17.0 Å². The van der Waals surface area contributed by atoms with Gasteiger partial charge in [0.2, 0.25) is 5.91 Å². The Balaban J connectivity index is 1.96. The van der Waals surface area contributed by atoms with Crippen LogP contribution in [0.3, 0.4) is 0 Å². The van der Waals surface area contributed by atoms with Crippen molar-refractivity contribution in [3.63, 3.8) is 0 Å². The number of thioether (sulfide) groups is 1. The third kappa shape index (κ3) is 3.83. The topological polar surface area (TPSA) is 64.0 Å². The van der Waals surface area contributed by atoms with E-state index in [2.05, 4.69) is 5.32 Å². The molecule has 1 fully saturated rings. The van der Waals surface area contributed by atoms with Crippen LogP contribution < -0.4 is 10.9 Å². The molecule has 2 aromatic rings. The molecule has 2 aromatic heterocycles. The number of nitrogens with one attached hydrogen (secondary N) is 1. The monoisotopic (exact) mass is 393 g/mol. The molecule has 2 heterocycles. The van der Waals surface area contributed by atoms with E-state index < -0.39 is 0 Å². The Bertz CT molecular complexity index is 866. The van der Waals surface area contributed by atoms with E-state index in [4.69, 9.17) is 4.98 Å². The Kier molecular flexibility index (Phi) is 6.07. The lowest BCUT2D eigenvalue weighted by Crippen LogP contribution is -2.33. The maximum Gasteiger partial charge on any atom is 0.263 e. The minimum absolute atomic E-state index is 0.00444. The van der Waals surface area contributed by atoms with Gasteiger partial charge in [0.15, 0.2) is 5.16 Å². The van der Waals surface area contributed by atoms with E-state index >= 15 is 0 Å². The number of aromatic nitrogens is 2. The molecule has 1 atom stereocenters. The van der Waals surface area contributed by atoms with Crippen LogP contribution in [0.5, 0.6) is 0 Å². The fourth-order valence-electron chi connectivity index (χ4n) is 3.42. The second-order valence-corrected chi connectivity index (χ2v) is 9.28. The molecule has 5 nitrogen and oxygen atoms in total. The van der Waals surface area contributed by atoms with Gasteiger partial charge in [0.1, 0.15) is 4.83 Å². The van der Waals surface area contributed by atoms with Crippen LogP contribution >= 0.6 is 23.1 Å². The lowest BCUT2D eigenvalue weighted by molar-refractivity contribution is -0.119. The van der Waals surface area contributed by atoms with Crippen molar-refractivity contribution < 1.29 is 4.79 Å². The summed E-state index contributed by atoms with van der Waals surface area (Å²) in [5.74, 6) is 0.286. The summed E-state index contributed by atoms with van der Waals surface area (Å²) in [6.07, 6.45) is 5.23. The van der Waals surface area contributed by atoms with Gasteiger partial charge in [0.25, 0.3) is 5.56 Å². The Morgan fingerprint density at radius 1 is 1.38 bits per heavy atom. The van der Waals surface area contributed by atoms with Crippen LogP contribution in [0.25, 0.3) is 10.2 Å². The van der Waals surface area contributed by atoms with Gasteiger partial charge in [-0.1, -0.05) is 31.5 Å². The first-order valence-electron chi connectivity index (χ1n) is 9.36. The number of hydrogen-bond acceptors (Lipinski definition) is 5. The molecule has 1 N–H and O–H groups in total. The molecule has 0 aliphatic heterocycles. The molecule has 1 aliphatic carbocycles. The number of hydrogen-bond donors (Lipinski definition) is 1. The highest BCUT2D eigenvalue weighted by Crippen LogP contribution is 2.34. The van der Waals surface area contributed by atoms with Gasteiger partial charge in [-0.2, -0.15) is 0 Å². The highest BCUT2D eigenvalue weighted by Gasteiger charge is 2.25. The SMILES string of the molecule is CCC(C)NC(=O)CSc1nc2sc(C)c(C)c2c(=O)n1C1CCCC1. The fraction of sp³-hybridized carbons (Fsp3) is 0.632. The van der Waals surface area contributed by atoms with Crippen LogP contribution in [0.2, 0.25) is 0 Å². The summed E-state index contributed by atoms with van der Waals surface area (Å²) in [6.45, 7) is 8.08. The largest absolute Gasteiger partial charge is 0.353 e. The second-order valence-electron chi connectivity index (χ2n) is 7.14. The molecule has 7 heteroatoms. The number of fused-ring (bicyclic) bond motifs is 1. The van der Waals surface area contributed by atoms with Crippen molar-refractivity contribution >= 4 is 39.2 Å². The predicted molar refractivity (Wildman–Crippen MR) is 109 cm³/mol. The molecule has 0 aromatic carbocycles. The molecule has 1 unspecified atom stereocenters. The van der Waals surface area contributed by atoms with Gasteiger partial charge in [-0.25, -0.2) is 4.98 Å². The lowest BCUT2D eigenvalue weighted by Gasteiger charge is -2.18. The molecule has 26 heavy (non-hydrogen) atoms. The standard InChI is InChI=1S/C19H27N3O2S2/c1-5-11(2)20-15(23)10-25-19-21-17-16(12(3)13(4)26-17)18(24)22(19)14-8-6-7-9-14/h11,14H,5-10H2,1-4H3,(H,20,23). The van der Waals surface area contributed by atoms with Gasteiger partial charge in [-0.3, -0.25) is 14.2 Å². The highest BCUT2D eigenvalue weighted by atomic mass is 32.2. The minimum Gasteiger partial charge on any atom is -0.353 e. The molecule has 0 spiro atoms. The first kappa shape index (κ1) is 19.4. The Morgan fingerprint density at radius 3 is 2.73 bits per heavy atom. The molecule has 0 bridgehead atoms. The Hall–Kier alpha value is -1.34. The van der Waals surface area contributed by atoms with Crippen LogP contribution in [0.15, 0.2) is 9.95 Å². The normalized spacial score (nSPS) is 16.3. The number of rotatable bonds is 6. The van der Waals surface area contributed by atoms with E-state index in [1.165, 1.54) is 11.8 Å². The molecular weight excluding hydrogens is 366 g/mol. The predicted octanol–water partition coefficient (Wildman–Crippen LogP) is 4.20. The van der Waals surface area contributed by atoms with Gasteiger partial charge >= 0.3 is 0 Å².